The Bertz CT molecular complexity index is 563. The lowest BCUT2D eigenvalue weighted by atomic mass is 10.2. The summed E-state index contributed by atoms with van der Waals surface area (Å²) in [4.78, 5) is 10.8. The monoisotopic (exact) mass is 269 g/mol. The molecule has 18 heavy (non-hydrogen) atoms. The Labute approximate surface area is 106 Å². The summed E-state index contributed by atoms with van der Waals surface area (Å²) >= 11 is 0. The molecule has 1 aromatic carbocycles. The van der Waals surface area contributed by atoms with Crippen molar-refractivity contribution in [2.24, 2.45) is 5.14 Å². The van der Waals surface area contributed by atoms with E-state index in [1.807, 2.05) is 0 Å². The highest BCUT2D eigenvalue weighted by molar-refractivity contribution is 7.89. The molecule has 1 unspecified atom stereocenters. The third-order valence-electron chi connectivity index (χ3n) is 2.12. The summed E-state index contributed by atoms with van der Waals surface area (Å²) in [6.07, 6.45) is 2.72. The lowest BCUT2D eigenvalue weighted by Crippen LogP contribution is -2.13. The van der Waals surface area contributed by atoms with Gasteiger partial charge in [-0.25, -0.2) is 13.6 Å². The largest absolute Gasteiger partial charge is 0.459 e. The Morgan fingerprint density at radius 3 is 2.56 bits per heavy atom. The fraction of sp³-hybridized carbons (Fsp3) is 0.250. The van der Waals surface area contributed by atoms with E-state index in [1.165, 1.54) is 13.0 Å². The standard InChI is InChI=1S/C12H15NO4S/c1-9(17-10(2)14)7-8-11-5-3-4-6-12(11)18(13,15)16/h3-9H,1-2H3,(H2,13,15,16)/b8-7+. The van der Waals surface area contributed by atoms with Gasteiger partial charge in [0.2, 0.25) is 10.0 Å². The number of carbonyl (C=O) groups excluding carboxylic acids is 1. The van der Waals surface area contributed by atoms with Crippen LogP contribution < -0.4 is 5.14 Å². The maximum Gasteiger partial charge on any atom is 0.303 e. The number of benzene rings is 1. The first-order valence-electron chi connectivity index (χ1n) is 5.28. The summed E-state index contributed by atoms with van der Waals surface area (Å²) in [5.41, 5.74) is 0.457. The number of hydrogen-bond donors (Lipinski definition) is 1. The van der Waals surface area contributed by atoms with Crippen molar-refractivity contribution in [2.75, 3.05) is 0 Å². The van der Waals surface area contributed by atoms with E-state index in [0.29, 0.717) is 5.56 Å². The minimum absolute atomic E-state index is 0.0382. The molecule has 1 aromatic rings. The molecule has 0 aliphatic rings. The zero-order valence-electron chi connectivity index (χ0n) is 10.2. The molecule has 1 atom stereocenters. The number of sulfonamides is 1. The highest BCUT2D eigenvalue weighted by Gasteiger charge is 2.11. The van der Waals surface area contributed by atoms with Gasteiger partial charge in [0.1, 0.15) is 6.10 Å². The molecule has 0 amide bonds. The van der Waals surface area contributed by atoms with Gasteiger partial charge in [-0.3, -0.25) is 4.79 Å². The van der Waals surface area contributed by atoms with Crippen LogP contribution in [0.2, 0.25) is 0 Å². The van der Waals surface area contributed by atoms with E-state index in [1.54, 1.807) is 37.3 Å². The fourth-order valence-electron chi connectivity index (χ4n) is 1.42. The first-order valence-corrected chi connectivity index (χ1v) is 6.82. The van der Waals surface area contributed by atoms with Crippen molar-refractivity contribution in [1.29, 1.82) is 0 Å². The van der Waals surface area contributed by atoms with Gasteiger partial charge >= 0.3 is 5.97 Å². The topological polar surface area (TPSA) is 86.5 Å². The molecule has 0 spiro atoms. The number of hydrogen-bond acceptors (Lipinski definition) is 4. The second-order valence-corrected chi connectivity index (χ2v) is 5.29. The minimum atomic E-state index is -3.76. The van der Waals surface area contributed by atoms with Gasteiger partial charge < -0.3 is 4.74 Å². The van der Waals surface area contributed by atoms with E-state index in [2.05, 4.69) is 0 Å². The molecule has 2 N–H and O–H groups in total. The average molecular weight is 269 g/mol. The van der Waals surface area contributed by atoms with E-state index in [9.17, 15) is 13.2 Å². The molecule has 0 heterocycles. The van der Waals surface area contributed by atoms with Crippen LogP contribution in [0.5, 0.6) is 0 Å². The SMILES string of the molecule is CC(=O)OC(C)/C=C/c1ccccc1S(N)(=O)=O. The molecule has 0 saturated heterocycles. The van der Waals surface area contributed by atoms with Crippen molar-refractivity contribution in [3.8, 4) is 0 Å². The maximum absolute atomic E-state index is 11.3. The van der Waals surface area contributed by atoms with Crippen molar-refractivity contribution < 1.29 is 17.9 Å². The van der Waals surface area contributed by atoms with Gasteiger partial charge in [0.05, 0.1) is 4.90 Å². The summed E-state index contributed by atoms with van der Waals surface area (Å²) in [6.45, 7) is 2.99. The molecule has 0 bridgehead atoms. The van der Waals surface area contributed by atoms with E-state index in [0.717, 1.165) is 0 Å². The van der Waals surface area contributed by atoms with Crippen LogP contribution in [-0.4, -0.2) is 20.5 Å². The van der Waals surface area contributed by atoms with Crippen LogP contribution in [0.4, 0.5) is 0 Å². The Morgan fingerprint density at radius 1 is 1.39 bits per heavy atom. The van der Waals surface area contributed by atoms with Crippen molar-refractivity contribution in [2.45, 2.75) is 24.8 Å². The highest BCUT2D eigenvalue weighted by atomic mass is 32.2. The van der Waals surface area contributed by atoms with Crippen molar-refractivity contribution in [3.05, 3.63) is 35.9 Å². The number of carbonyl (C=O) groups is 1. The second-order valence-electron chi connectivity index (χ2n) is 3.76. The number of primary sulfonamides is 1. The van der Waals surface area contributed by atoms with E-state index in [-0.39, 0.29) is 4.90 Å². The van der Waals surface area contributed by atoms with E-state index >= 15 is 0 Å². The third-order valence-corrected chi connectivity index (χ3v) is 3.11. The smallest absolute Gasteiger partial charge is 0.303 e. The predicted molar refractivity (Wildman–Crippen MR) is 68.1 cm³/mol. The van der Waals surface area contributed by atoms with Gasteiger partial charge in [-0.2, -0.15) is 0 Å². The summed E-state index contributed by atoms with van der Waals surface area (Å²) in [5.74, 6) is -0.396. The Hall–Kier alpha value is -1.66. The quantitative estimate of drug-likeness (QED) is 0.835. The van der Waals surface area contributed by atoms with E-state index in [4.69, 9.17) is 9.88 Å². The van der Waals surface area contributed by atoms with Gasteiger partial charge in [-0.05, 0) is 24.6 Å². The number of rotatable bonds is 4. The lowest BCUT2D eigenvalue weighted by molar-refractivity contribution is -0.143. The minimum Gasteiger partial charge on any atom is -0.459 e. The molecule has 5 nitrogen and oxygen atoms in total. The van der Waals surface area contributed by atoms with Gasteiger partial charge in [-0.1, -0.05) is 24.3 Å². The van der Waals surface area contributed by atoms with Crippen molar-refractivity contribution in [3.63, 3.8) is 0 Å². The van der Waals surface area contributed by atoms with E-state index < -0.39 is 22.1 Å². The number of nitrogens with two attached hydrogens (primary N) is 1. The summed E-state index contributed by atoms with van der Waals surface area (Å²) in [7, 11) is -3.76. The van der Waals surface area contributed by atoms with Crippen LogP contribution in [0.25, 0.3) is 6.08 Å². The van der Waals surface area contributed by atoms with Gasteiger partial charge in [-0.15, -0.1) is 0 Å². The first-order chi connectivity index (χ1) is 8.30. The first kappa shape index (κ1) is 14.4. The van der Waals surface area contributed by atoms with Crippen LogP contribution in [-0.2, 0) is 19.6 Å². The molecule has 0 radical (unpaired) electrons. The summed E-state index contributed by atoms with van der Waals surface area (Å²) < 4.78 is 27.6. The normalized spacial score (nSPS) is 13.5. The number of ether oxygens (including phenoxy) is 1. The number of esters is 1. The molecule has 6 heteroatoms. The molecule has 0 aliphatic heterocycles. The molecule has 0 aromatic heterocycles. The third kappa shape index (κ3) is 4.31. The van der Waals surface area contributed by atoms with Crippen LogP contribution in [0, 0.1) is 0 Å². The molecular weight excluding hydrogens is 254 g/mol. The Morgan fingerprint density at radius 2 is 2.00 bits per heavy atom. The van der Waals surface area contributed by atoms with Crippen LogP contribution in [0.1, 0.15) is 19.4 Å². The Kier molecular flexibility index (Phi) is 4.63. The summed E-state index contributed by atoms with van der Waals surface area (Å²) in [6, 6.07) is 6.33. The second kappa shape index (κ2) is 5.79. The van der Waals surface area contributed by atoms with Crippen LogP contribution in [0.15, 0.2) is 35.2 Å². The van der Waals surface area contributed by atoms with Crippen molar-refractivity contribution >= 4 is 22.1 Å². The molecule has 0 saturated carbocycles. The zero-order chi connectivity index (χ0) is 13.8. The highest BCUT2D eigenvalue weighted by Crippen LogP contribution is 2.15. The van der Waals surface area contributed by atoms with Gasteiger partial charge in [0, 0.05) is 6.92 Å². The van der Waals surface area contributed by atoms with Gasteiger partial charge in [0.15, 0.2) is 0 Å². The maximum atomic E-state index is 11.3. The van der Waals surface area contributed by atoms with Crippen LogP contribution >= 0.6 is 0 Å². The zero-order valence-corrected chi connectivity index (χ0v) is 11.0. The van der Waals surface area contributed by atoms with Gasteiger partial charge in [0.25, 0.3) is 0 Å². The lowest BCUT2D eigenvalue weighted by Gasteiger charge is -2.07. The molecule has 0 fully saturated rings. The molecule has 98 valence electrons. The molecule has 1 rings (SSSR count). The van der Waals surface area contributed by atoms with Crippen LogP contribution in [0.3, 0.4) is 0 Å². The fourth-order valence-corrected chi connectivity index (χ4v) is 2.15. The van der Waals surface area contributed by atoms with Crippen molar-refractivity contribution in [1.82, 2.24) is 0 Å². The average Bonchev–Trinajstić information content (AvgIpc) is 2.24. The Balaban J connectivity index is 2.98. The summed E-state index contributed by atoms with van der Waals surface area (Å²) in [5, 5.41) is 5.10. The molecular formula is C12H15NO4S. The predicted octanol–water partition coefficient (Wildman–Crippen LogP) is 1.30. The molecule has 0 aliphatic carbocycles.